The number of ketones is 2. The molecule has 0 spiro atoms. The summed E-state index contributed by atoms with van der Waals surface area (Å²) in [6.45, 7) is 3.63. The van der Waals surface area contributed by atoms with Gasteiger partial charge in [0, 0.05) is 16.6 Å². The molecule has 0 amide bonds. The zero-order valence-corrected chi connectivity index (χ0v) is 13.1. The van der Waals surface area contributed by atoms with Crippen molar-refractivity contribution in [2.24, 2.45) is 0 Å². The monoisotopic (exact) mass is 321 g/mol. The largest absolute Gasteiger partial charge is 0.464 e. The van der Waals surface area contributed by atoms with Gasteiger partial charge in [0.15, 0.2) is 6.04 Å². The van der Waals surface area contributed by atoms with Crippen LogP contribution in [0, 0.1) is 6.92 Å². The van der Waals surface area contributed by atoms with Crippen molar-refractivity contribution in [3.8, 4) is 0 Å². The van der Waals surface area contributed by atoms with E-state index in [1.54, 1.807) is 30.9 Å². The fraction of sp³-hybridized carbons (Fsp3) is 0.438. The molecule has 0 aromatic heterocycles. The summed E-state index contributed by atoms with van der Waals surface area (Å²) in [5, 5.41) is 0.508. The average molecular weight is 322 g/mol. The quantitative estimate of drug-likeness (QED) is 0.485. The van der Waals surface area contributed by atoms with E-state index >= 15 is 0 Å². The van der Waals surface area contributed by atoms with Crippen molar-refractivity contribution < 1.29 is 19.1 Å². The number of anilines is 1. The third-order valence-corrected chi connectivity index (χ3v) is 4.48. The Hall–Kier alpha value is -1.88. The number of Topliss-reactive ketones (excluding diaryl/α,β-unsaturated/α-hetero) is 2. The number of rotatable bonds is 3. The van der Waals surface area contributed by atoms with E-state index in [0.717, 1.165) is 12.8 Å². The Kier molecular flexibility index (Phi) is 3.68. The summed E-state index contributed by atoms with van der Waals surface area (Å²) in [6, 6.07) is 2.05. The van der Waals surface area contributed by atoms with Crippen LogP contribution in [0.25, 0.3) is 0 Å². The van der Waals surface area contributed by atoms with Gasteiger partial charge < -0.3 is 9.64 Å². The standard InChI is InChI=1S/C16H16ClNO4/c1-3-22-16(21)13-15(20)14(19)10-6-7-11(17)8(2)12(10)18(13)9-4-5-9/h6-7,9,13H,3-5H2,1-2H3. The van der Waals surface area contributed by atoms with Gasteiger partial charge in [-0.1, -0.05) is 11.6 Å². The Balaban J connectivity index is 2.18. The van der Waals surface area contributed by atoms with Gasteiger partial charge in [-0.15, -0.1) is 0 Å². The molecule has 1 aliphatic heterocycles. The molecular formula is C16H16ClNO4. The van der Waals surface area contributed by atoms with Gasteiger partial charge >= 0.3 is 5.97 Å². The molecule has 1 fully saturated rings. The number of benzene rings is 1. The van der Waals surface area contributed by atoms with E-state index in [1.165, 1.54) is 0 Å². The lowest BCUT2D eigenvalue weighted by atomic mass is 9.90. The maximum atomic E-state index is 12.4. The van der Waals surface area contributed by atoms with E-state index < -0.39 is 23.6 Å². The Morgan fingerprint density at radius 1 is 1.36 bits per heavy atom. The van der Waals surface area contributed by atoms with E-state index in [4.69, 9.17) is 16.3 Å². The number of hydrogen-bond acceptors (Lipinski definition) is 5. The molecular weight excluding hydrogens is 306 g/mol. The van der Waals surface area contributed by atoms with Crippen molar-refractivity contribution in [2.45, 2.75) is 38.8 Å². The first-order chi connectivity index (χ1) is 10.5. The van der Waals surface area contributed by atoms with E-state index in [1.807, 2.05) is 0 Å². The molecule has 1 unspecified atom stereocenters. The molecule has 1 atom stereocenters. The molecule has 0 N–H and O–H groups in total. The second-order valence-corrected chi connectivity index (χ2v) is 5.96. The van der Waals surface area contributed by atoms with Crippen LogP contribution in [-0.2, 0) is 14.3 Å². The van der Waals surface area contributed by atoms with Gasteiger partial charge in [0.2, 0.25) is 11.6 Å². The number of carbonyl (C=O) groups is 3. The molecule has 1 aliphatic carbocycles. The molecule has 2 aliphatic rings. The van der Waals surface area contributed by atoms with E-state index in [9.17, 15) is 14.4 Å². The van der Waals surface area contributed by atoms with Gasteiger partial charge in [0.25, 0.3) is 0 Å². The zero-order valence-electron chi connectivity index (χ0n) is 12.4. The summed E-state index contributed by atoms with van der Waals surface area (Å²) in [4.78, 5) is 38.7. The van der Waals surface area contributed by atoms with E-state index in [-0.39, 0.29) is 12.6 Å². The molecule has 3 rings (SSSR count). The molecule has 5 nitrogen and oxygen atoms in total. The normalized spacial score (nSPS) is 20.9. The van der Waals surface area contributed by atoms with Crippen molar-refractivity contribution in [3.63, 3.8) is 0 Å². The SMILES string of the molecule is CCOC(=O)C1C(=O)C(=O)c2ccc(Cl)c(C)c2N1C1CC1. The highest BCUT2D eigenvalue weighted by atomic mass is 35.5. The van der Waals surface area contributed by atoms with Crippen molar-refractivity contribution in [2.75, 3.05) is 11.5 Å². The lowest BCUT2D eigenvalue weighted by Crippen LogP contribution is -2.55. The second kappa shape index (κ2) is 5.39. The predicted molar refractivity (Wildman–Crippen MR) is 81.4 cm³/mol. The maximum Gasteiger partial charge on any atom is 0.337 e. The minimum atomic E-state index is -1.19. The highest BCUT2D eigenvalue weighted by Crippen LogP contribution is 2.42. The van der Waals surface area contributed by atoms with Crippen molar-refractivity contribution >= 4 is 34.8 Å². The topological polar surface area (TPSA) is 63.7 Å². The first-order valence-corrected chi connectivity index (χ1v) is 7.67. The molecule has 0 bridgehead atoms. The van der Waals surface area contributed by atoms with Gasteiger partial charge in [-0.25, -0.2) is 4.79 Å². The van der Waals surface area contributed by atoms with Crippen LogP contribution < -0.4 is 4.90 Å². The van der Waals surface area contributed by atoms with Crippen LogP contribution in [0.2, 0.25) is 5.02 Å². The molecule has 1 heterocycles. The summed E-state index contributed by atoms with van der Waals surface area (Å²) in [5.74, 6) is -2.04. The van der Waals surface area contributed by atoms with Gasteiger partial charge in [-0.05, 0) is 44.4 Å². The molecule has 1 aromatic carbocycles. The summed E-state index contributed by atoms with van der Waals surface area (Å²) < 4.78 is 5.01. The molecule has 116 valence electrons. The number of halogens is 1. The fourth-order valence-corrected chi connectivity index (χ4v) is 3.04. The maximum absolute atomic E-state index is 12.4. The second-order valence-electron chi connectivity index (χ2n) is 5.55. The van der Waals surface area contributed by atoms with Crippen LogP contribution in [0.5, 0.6) is 0 Å². The Labute approximate surface area is 133 Å². The van der Waals surface area contributed by atoms with Crippen molar-refractivity contribution in [1.82, 2.24) is 0 Å². The van der Waals surface area contributed by atoms with Gasteiger partial charge in [0.1, 0.15) is 0 Å². The fourth-order valence-electron chi connectivity index (χ4n) is 2.89. The molecule has 0 radical (unpaired) electrons. The minimum absolute atomic E-state index is 0.0716. The van der Waals surface area contributed by atoms with Crippen LogP contribution in [0.4, 0.5) is 5.69 Å². The van der Waals surface area contributed by atoms with Crippen molar-refractivity contribution in [1.29, 1.82) is 0 Å². The number of carbonyl (C=O) groups excluding carboxylic acids is 3. The highest BCUT2D eigenvalue weighted by molar-refractivity contribution is 6.51. The minimum Gasteiger partial charge on any atom is -0.464 e. The first-order valence-electron chi connectivity index (χ1n) is 7.30. The first kappa shape index (κ1) is 15.0. The molecule has 1 saturated carbocycles. The van der Waals surface area contributed by atoms with Crippen LogP contribution in [0.1, 0.15) is 35.7 Å². The van der Waals surface area contributed by atoms with Crippen LogP contribution in [-0.4, -0.2) is 36.2 Å². The Morgan fingerprint density at radius 3 is 2.64 bits per heavy atom. The lowest BCUT2D eigenvalue weighted by molar-refractivity contribution is -0.147. The molecule has 6 heteroatoms. The summed E-state index contributed by atoms with van der Waals surface area (Å²) in [7, 11) is 0. The van der Waals surface area contributed by atoms with Crippen LogP contribution in [0.15, 0.2) is 12.1 Å². The number of nitrogens with zero attached hydrogens (tertiary/aromatic N) is 1. The number of ether oxygens (including phenoxy) is 1. The van der Waals surface area contributed by atoms with E-state index in [2.05, 4.69) is 0 Å². The molecule has 1 aromatic rings. The van der Waals surface area contributed by atoms with Gasteiger partial charge in [-0.3, -0.25) is 9.59 Å². The summed E-state index contributed by atoms with van der Waals surface area (Å²) in [5.41, 5.74) is 1.62. The van der Waals surface area contributed by atoms with Gasteiger partial charge in [0.05, 0.1) is 12.3 Å². The number of fused-ring (bicyclic) bond motifs is 1. The Bertz CT molecular complexity index is 681. The lowest BCUT2D eigenvalue weighted by Gasteiger charge is -2.37. The van der Waals surface area contributed by atoms with Crippen LogP contribution in [0.3, 0.4) is 0 Å². The molecule has 22 heavy (non-hydrogen) atoms. The van der Waals surface area contributed by atoms with Crippen molar-refractivity contribution in [3.05, 3.63) is 28.3 Å². The average Bonchev–Trinajstić information content (AvgIpc) is 3.30. The highest BCUT2D eigenvalue weighted by Gasteiger charge is 2.50. The number of hydrogen-bond donors (Lipinski definition) is 0. The number of esters is 1. The summed E-state index contributed by atoms with van der Waals surface area (Å²) >= 11 is 6.17. The summed E-state index contributed by atoms with van der Waals surface area (Å²) in [6.07, 6.45) is 1.76. The Morgan fingerprint density at radius 2 is 2.05 bits per heavy atom. The van der Waals surface area contributed by atoms with Crippen LogP contribution >= 0.6 is 11.6 Å². The third-order valence-electron chi connectivity index (χ3n) is 4.07. The predicted octanol–water partition coefficient (Wildman–Crippen LogP) is 2.31. The third kappa shape index (κ3) is 2.20. The zero-order chi connectivity index (χ0) is 16.0. The van der Waals surface area contributed by atoms with Gasteiger partial charge in [-0.2, -0.15) is 0 Å². The smallest absolute Gasteiger partial charge is 0.337 e. The molecule has 0 saturated heterocycles. The van der Waals surface area contributed by atoms with E-state index in [0.29, 0.717) is 21.8 Å².